The molecule has 0 spiro atoms. The van der Waals surface area contributed by atoms with Gasteiger partial charge in [0.25, 0.3) is 0 Å². The smallest absolute Gasteiger partial charge is 0.224 e. The summed E-state index contributed by atoms with van der Waals surface area (Å²) in [6.07, 6.45) is 0.409. The minimum Gasteiger partial charge on any atom is -0.378 e. The monoisotopic (exact) mass is 308 g/mol. The first-order valence-electron chi connectivity index (χ1n) is 6.38. The number of halogens is 1. The predicted molar refractivity (Wildman–Crippen MR) is 85.6 cm³/mol. The second-order valence-corrected chi connectivity index (χ2v) is 6.14. The lowest BCUT2D eigenvalue weighted by molar-refractivity contribution is -0.119. The predicted octanol–water partition coefficient (Wildman–Crippen LogP) is 3.86. The van der Waals surface area contributed by atoms with E-state index in [4.69, 9.17) is 11.6 Å². The van der Waals surface area contributed by atoms with Crippen LogP contribution in [-0.2, 0) is 11.2 Å². The third-order valence-electron chi connectivity index (χ3n) is 3.07. The Kier molecular flexibility index (Phi) is 5.04. The number of rotatable bonds is 5. The van der Waals surface area contributed by atoms with Crippen LogP contribution >= 0.6 is 22.9 Å². The summed E-state index contributed by atoms with van der Waals surface area (Å²) in [6.45, 7) is 2.09. The van der Waals surface area contributed by atoms with Crippen molar-refractivity contribution in [2.24, 2.45) is 0 Å². The largest absolute Gasteiger partial charge is 0.378 e. The molecule has 3 nitrogen and oxygen atoms in total. The second-order valence-electron chi connectivity index (χ2n) is 4.60. The van der Waals surface area contributed by atoms with Gasteiger partial charge in [0.2, 0.25) is 5.91 Å². The SMILES string of the molecule is CNC(=O)Cc1ccc(NC(C)c2csc(Cl)c2)cc1. The van der Waals surface area contributed by atoms with E-state index in [-0.39, 0.29) is 11.9 Å². The van der Waals surface area contributed by atoms with Crippen LogP contribution in [0.5, 0.6) is 0 Å². The highest BCUT2D eigenvalue weighted by Crippen LogP contribution is 2.27. The third-order valence-corrected chi connectivity index (χ3v) is 4.18. The lowest BCUT2D eigenvalue weighted by atomic mass is 10.1. The summed E-state index contributed by atoms with van der Waals surface area (Å²) in [5, 5.41) is 8.09. The number of amides is 1. The molecule has 2 N–H and O–H groups in total. The molecule has 1 aromatic carbocycles. The van der Waals surface area contributed by atoms with Crippen molar-refractivity contribution in [1.82, 2.24) is 5.32 Å². The van der Waals surface area contributed by atoms with Crippen LogP contribution in [0, 0.1) is 0 Å². The van der Waals surface area contributed by atoms with Gasteiger partial charge in [-0.25, -0.2) is 0 Å². The van der Waals surface area contributed by atoms with E-state index in [9.17, 15) is 4.79 Å². The van der Waals surface area contributed by atoms with E-state index < -0.39 is 0 Å². The number of hydrogen-bond donors (Lipinski definition) is 2. The van der Waals surface area contributed by atoms with Crippen LogP contribution in [0.15, 0.2) is 35.7 Å². The molecule has 5 heteroatoms. The van der Waals surface area contributed by atoms with Crippen molar-refractivity contribution in [2.75, 3.05) is 12.4 Å². The van der Waals surface area contributed by atoms with Crippen LogP contribution in [0.2, 0.25) is 4.34 Å². The van der Waals surface area contributed by atoms with Gasteiger partial charge in [-0.05, 0) is 41.6 Å². The third kappa shape index (κ3) is 3.99. The average Bonchev–Trinajstić information content (AvgIpc) is 2.87. The normalized spacial score (nSPS) is 11.9. The Bertz CT molecular complexity index is 580. The number of anilines is 1. The van der Waals surface area contributed by atoms with Gasteiger partial charge in [0.05, 0.1) is 10.8 Å². The maximum absolute atomic E-state index is 11.3. The molecule has 1 aromatic heterocycles. The molecular formula is C15H17ClN2OS. The van der Waals surface area contributed by atoms with Crippen molar-refractivity contribution >= 4 is 34.5 Å². The number of benzene rings is 1. The van der Waals surface area contributed by atoms with E-state index >= 15 is 0 Å². The number of thiophene rings is 1. The summed E-state index contributed by atoms with van der Waals surface area (Å²) in [5.41, 5.74) is 3.20. The van der Waals surface area contributed by atoms with Gasteiger partial charge in [0.15, 0.2) is 0 Å². The summed E-state index contributed by atoms with van der Waals surface area (Å²) < 4.78 is 0.801. The standard InChI is InChI=1S/C15H17ClN2OS/c1-10(12-8-14(16)20-9-12)18-13-5-3-11(4-6-13)7-15(19)17-2/h3-6,8-10,18H,7H2,1-2H3,(H,17,19). The molecule has 1 heterocycles. The second kappa shape index (κ2) is 6.77. The fourth-order valence-electron chi connectivity index (χ4n) is 1.88. The van der Waals surface area contributed by atoms with Crippen LogP contribution in [0.25, 0.3) is 0 Å². The van der Waals surface area contributed by atoms with Gasteiger partial charge < -0.3 is 10.6 Å². The van der Waals surface area contributed by atoms with Crippen molar-refractivity contribution in [3.8, 4) is 0 Å². The first-order chi connectivity index (χ1) is 9.58. The van der Waals surface area contributed by atoms with Crippen molar-refractivity contribution in [1.29, 1.82) is 0 Å². The van der Waals surface area contributed by atoms with Crippen LogP contribution in [0.4, 0.5) is 5.69 Å². The molecule has 0 bridgehead atoms. The van der Waals surface area contributed by atoms with E-state index in [1.54, 1.807) is 7.05 Å². The number of carbonyl (C=O) groups is 1. The Hall–Kier alpha value is -1.52. The number of hydrogen-bond acceptors (Lipinski definition) is 3. The molecule has 0 fully saturated rings. The van der Waals surface area contributed by atoms with Gasteiger partial charge in [0, 0.05) is 18.8 Å². The van der Waals surface area contributed by atoms with Gasteiger partial charge in [-0.3, -0.25) is 4.79 Å². The molecule has 0 aliphatic rings. The molecule has 0 radical (unpaired) electrons. The maximum atomic E-state index is 11.3. The zero-order valence-corrected chi connectivity index (χ0v) is 13.0. The molecule has 2 aromatic rings. The van der Waals surface area contributed by atoms with E-state index in [0.29, 0.717) is 6.42 Å². The highest BCUT2D eigenvalue weighted by Gasteiger charge is 2.08. The number of nitrogens with one attached hydrogen (secondary N) is 2. The topological polar surface area (TPSA) is 41.1 Å². The molecule has 1 atom stereocenters. The van der Waals surface area contributed by atoms with E-state index in [0.717, 1.165) is 15.6 Å². The lowest BCUT2D eigenvalue weighted by Crippen LogP contribution is -2.19. The van der Waals surface area contributed by atoms with Crippen molar-refractivity contribution in [3.05, 3.63) is 51.2 Å². The molecule has 2 rings (SSSR count). The summed E-state index contributed by atoms with van der Waals surface area (Å²) in [7, 11) is 1.64. The summed E-state index contributed by atoms with van der Waals surface area (Å²) in [4.78, 5) is 11.3. The minimum absolute atomic E-state index is 0.0204. The Morgan fingerprint density at radius 2 is 2.05 bits per heavy atom. The van der Waals surface area contributed by atoms with Gasteiger partial charge in [-0.15, -0.1) is 11.3 Å². The van der Waals surface area contributed by atoms with Gasteiger partial charge in [0.1, 0.15) is 0 Å². The maximum Gasteiger partial charge on any atom is 0.224 e. The molecule has 1 unspecified atom stereocenters. The van der Waals surface area contributed by atoms with Gasteiger partial charge in [-0.1, -0.05) is 23.7 Å². The zero-order chi connectivity index (χ0) is 14.5. The first-order valence-corrected chi connectivity index (χ1v) is 7.64. The molecule has 0 saturated carbocycles. The molecule has 20 heavy (non-hydrogen) atoms. The zero-order valence-electron chi connectivity index (χ0n) is 11.4. The average molecular weight is 309 g/mol. The molecule has 0 saturated heterocycles. The van der Waals surface area contributed by atoms with E-state index in [1.165, 1.54) is 16.9 Å². The first kappa shape index (κ1) is 14.9. The number of likely N-dealkylation sites (N-methyl/N-ethyl adjacent to an activating group) is 1. The molecule has 0 aliphatic heterocycles. The molecule has 0 aliphatic carbocycles. The van der Waals surface area contributed by atoms with Gasteiger partial charge >= 0.3 is 0 Å². The molecule has 1 amide bonds. The number of carbonyl (C=O) groups excluding carboxylic acids is 1. The highest BCUT2D eigenvalue weighted by atomic mass is 35.5. The molecule has 106 valence electrons. The molecular weight excluding hydrogens is 292 g/mol. The van der Waals surface area contributed by atoms with Crippen molar-refractivity contribution < 1.29 is 4.79 Å². The Morgan fingerprint density at radius 1 is 1.35 bits per heavy atom. The quantitative estimate of drug-likeness (QED) is 0.880. The fraction of sp³-hybridized carbons (Fsp3) is 0.267. The van der Waals surface area contributed by atoms with Crippen LogP contribution in [-0.4, -0.2) is 13.0 Å². The van der Waals surface area contributed by atoms with Crippen LogP contribution in [0.3, 0.4) is 0 Å². The summed E-state index contributed by atoms with van der Waals surface area (Å²) >= 11 is 7.48. The lowest BCUT2D eigenvalue weighted by Gasteiger charge is -2.14. The van der Waals surface area contributed by atoms with Crippen molar-refractivity contribution in [3.63, 3.8) is 0 Å². The summed E-state index contributed by atoms with van der Waals surface area (Å²) in [6, 6.07) is 10.1. The van der Waals surface area contributed by atoms with Gasteiger partial charge in [-0.2, -0.15) is 0 Å². The van der Waals surface area contributed by atoms with Crippen LogP contribution in [0.1, 0.15) is 24.1 Å². The summed E-state index contributed by atoms with van der Waals surface area (Å²) in [5.74, 6) is 0.0204. The van der Waals surface area contributed by atoms with Crippen LogP contribution < -0.4 is 10.6 Å². The minimum atomic E-state index is 0.0204. The van der Waals surface area contributed by atoms with E-state index in [2.05, 4.69) is 22.9 Å². The van der Waals surface area contributed by atoms with Crippen molar-refractivity contribution in [2.45, 2.75) is 19.4 Å². The van der Waals surface area contributed by atoms with E-state index in [1.807, 2.05) is 30.3 Å². The Morgan fingerprint density at radius 3 is 2.60 bits per heavy atom. The highest BCUT2D eigenvalue weighted by molar-refractivity contribution is 7.14. The Labute approximate surface area is 128 Å². The Balaban J connectivity index is 1.98. The fourth-order valence-corrected chi connectivity index (χ4v) is 2.86.